The van der Waals surface area contributed by atoms with Gasteiger partial charge in [-0.05, 0) is 0 Å². The lowest BCUT2D eigenvalue weighted by Crippen LogP contribution is -1.91. The molecule has 2 nitrogen and oxygen atoms in total. The van der Waals surface area contributed by atoms with Crippen LogP contribution in [0.1, 0.15) is 0 Å². The van der Waals surface area contributed by atoms with E-state index in [1.807, 2.05) is 0 Å². The van der Waals surface area contributed by atoms with Crippen LogP contribution in [0.5, 0.6) is 0 Å². The molecule has 0 saturated heterocycles. The second-order valence-corrected chi connectivity index (χ2v) is 1.14. The number of hydrogen-bond acceptors (Lipinski definition) is 2. The van der Waals surface area contributed by atoms with E-state index in [1.165, 1.54) is 7.11 Å². The van der Waals surface area contributed by atoms with Crippen LogP contribution in [-0.4, -0.2) is 20.0 Å². The van der Waals surface area contributed by atoms with E-state index in [2.05, 4.69) is 11.3 Å². The molecule has 0 bridgehead atoms. The fourth-order valence-electron chi connectivity index (χ4n) is 0.204. The van der Waals surface area contributed by atoms with Gasteiger partial charge in [0.25, 0.3) is 0 Å². The van der Waals surface area contributed by atoms with Crippen LogP contribution in [0.3, 0.4) is 0 Å². The van der Waals surface area contributed by atoms with Crippen molar-refractivity contribution >= 4 is 6.29 Å². The Labute approximate surface area is 42.8 Å². The lowest BCUT2D eigenvalue weighted by molar-refractivity contribution is 0.229. The molecule has 0 saturated carbocycles. The van der Waals surface area contributed by atoms with Gasteiger partial charge < -0.3 is 4.74 Å². The third-order valence-corrected chi connectivity index (χ3v) is 0.463. The molecule has 0 aromatic rings. The highest BCUT2D eigenvalue weighted by atomic mass is 16.5. The van der Waals surface area contributed by atoms with Crippen LogP contribution in [0, 0.1) is 0 Å². The third kappa shape index (κ3) is 3.19. The smallest absolute Gasteiger partial charge is 0.230 e. The quantitative estimate of drug-likeness (QED) is 0.475. The molecular formula is C5H7O2. The molecule has 0 amide bonds. The molecule has 1 radical (unpaired) electrons. The van der Waals surface area contributed by atoms with Crippen molar-refractivity contribution in [3.05, 3.63) is 12.2 Å². The van der Waals surface area contributed by atoms with Gasteiger partial charge in [-0.1, -0.05) is 6.58 Å². The minimum absolute atomic E-state index is 0.281. The van der Waals surface area contributed by atoms with Crippen LogP contribution < -0.4 is 0 Å². The summed E-state index contributed by atoms with van der Waals surface area (Å²) in [6, 6.07) is 0. The molecule has 0 aliphatic heterocycles. The van der Waals surface area contributed by atoms with E-state index in [1.54, 1.807) is 6.29 Å². The van der Waals surface area contributed by atoms with Crippen molar-refractivity contribution in [1.29, 1.82) is 0 Å². The summed E-state index contributed by atoms with van der Waals surface area (Å²) < 4.78 is 4.53. The zero-order valence-corrected chi connectivity index (χ0v) is 4.23. The monoisotopic (exact) mass is 99.0 g/mol. The Morgan fingerprint density at radius 1 is 2.00 bits per heavy atom. The summed E-state index contributed by atoms with van der Waals surface area (Å²) in [5, 5.41) is 0. The highest BCUT2D eigenvalue weighted by Gasteiger charge is 1.85. The summed E-state index contributed by atoms with van der Waals surface area (Å²) in [6.07, 6.45) is 1.60. The maximum atomic E-state index is 9.59. The van der Waals surface area contributed by atoms with E-state index in [0.717, 1.165) is 0 Å². The van der Waals surface area contributed by atoms with Gasteiger partial charge in [0, 0.05) is 12.7 Å². The van der Waals surface area contributed by atoms with Gasteiger partial charge in [0.1, 0.15) is 0 Å². The van der Waals surface area contributed by atoms with Crippen molar-refractivity contribution in [3.63, 3.8) is 0 Å². The molecule has 0 unspecified atom stereocenters. The fraction of sp³-hybridized carbons (Fsp3) is 0.400. The molecule has 0 aromatic carbocycles. The summed E-state index contributed by atoms with van der Waals surface area (Å²) in [5.41, 5.74) is 0.350. The number of carbonyl (C=O) groups excluding carboxylic acids is 1. The van der Waals surface area contributed by atoms with Gasteiger partial charge in [0.05, 0.1) is 6.61 Å². The highest BCUT2D eigenvalue weighted by molar-refractivity contribution is 5.72. The molecule has 0 rings (SSSR count). The maximum Gasteiger partial charge on any atom is 0.230 e. The van der Waals surface area contributed by atoms with Crippen LogP contribution in [0.15, 0.2) is 12.2 Å². The highest BCUT2D eigenvalue weighted by Crippen LogP contribution is 1.80. The molecule has 0 aromatic heterocycles. The Morgan fingerprint density at radius 2 is 2.57 bits per heavy atom. The molecule has 2 heteroatoms. The van der Waals surface area contributed by atoms with Crippen LogP contribution >= 0.6 is 0 Å². The van der Waals surface area contributed by atoms with Gasteiger partial charge in [-0.25, -0.2) is 0 Å². The number of hydrogen-bond donors (Lipinski definition) is 0. The average Bonchev–Trinajstić information content (AvgIpc) is 1.68. The first-order valence-corrected chi connectivity index (χ1v) is 1.86. The standard InChI is InChI=1S/C5H7O2/c1-5(3-6)4-7-2/h1,4H2,2H3. The van der Waals surface area contributed by atoms with E-state index in [0.29, 0.717) is 5.57 Å². The minimum atomic E-state index is 0.281. The molecular weight excluding hydrogens is 92.1 g/mol. The Kier molecular flexibility index (Phi) is 3.24. The van der Waals surface area contributed by atoms with Gasteiger partial charge >= 0.3 is 0 Å². The molecule has 0 N–H and O–H groups in total. The van der Waals surface area contributed by atoms with Gasteiger partial charge in [0.2, 0.25) is 6.29 Å². The molecule has 39 valence electrons. The first-order chi connectivity index (χ1) is 3.31. The molecule has 0 aliphatic rings. The molecule has 0 aliphatic carbocycles. The van der Waals surface area contributed by atoms with Crippen molar-refractivity contribution in [3.8, 4) is 0 Å². The van der Waals surface area contributed by atoms with Gasteiger partial charge in [-0.2, -0.15) is 0 Å². The van der Waals surface area contributed by atoms with Crippen LogP contribution in [0.25, 0.3) is 0 Å². The van der Waals surface area contributed by atoms with E-state index < -0.39 is 0 Å². The van der Waals surface area contributed by atoms with Crippen molar-refractivity contribution in [2.45, 2.75) is 0 Å². The summed E-state index contributed by atoms with van der Waals surface area (Å²) in [6.45, 7) is 3.60. The number of methoxy groups -OCH3 is 1. The van der Waals surface area contributed by atoms with Crippen LogP contribution in [-0.2, 0) is 9.53 Å². The van der Waals surface area contributed by atoms with E-state index in [4.69, 9.17) is 0 Å². The molecule has 0 heterocycles. The van der Waals surface area contributed by atoms with Crippen molar-refractivity contribution in [2.24, 2.45) is 0 Å². The summed E-state index contributed by atoms with van der Waals surface area (Å²) in [4.78, 5) is 9.59. The Balaban J connectivity index is 3.17. The summed E-state index contributed by atoms with van der Waals surface area (Å²) in [7, 11) is 1.50. The summed E-state index contributed by atoms with van der Waals surface area (Å²) >= 11 is 0. The zero-order valence-electron chi connectivity index (χ0n) is 4.23. The van der Waals surface area contributed by atoms with Crippen LogP contribution in [0.2, 0.25) is 0 Å². The first-order valence-electron chi connectivity index (χ1n) is 1.86. The maximum absolute atomic E-state index is 9.59. The Bertz CT molecular complexity index is 76.1. The predicted octanol–water partition coefficient (Wildman–Crippen LogP) is 0.299. The second kappa shape index (κ2) is 3.56. The van der Waals surface area contributed by atoms with E-state index in [-0.39, 0.29) is 6.61 Å². The molecule has 7 heavy (non-hydrogen) atoms. The molecule has 0 atom stereocenters. The van der Waals surface area contributed by atoms with Crippen molar-refractivity contribution < 1.29 is 9.53 Å². The topological polar surface area (TPSA) is 26.3 Å². The number of rotatable bonds is 3. The largest absolute Gasteiger partial charge is 0.380 e. The van der Waals surface area contributed by atoms with Crippen LogP contribution in [0.4, 0.5) is 0 Å². The predicted molar refractivity (Wildman–Crippen MR) is 26.7 cm³/mol. The van der Waals surface area contributed by atoms with E-state index in [9.17, 15) is 4.79 Å². The fourth-order valence-corrected chi connectivity index (χ4v) is 0.204. The molecule has 0 fully saturated rings. The number of ether oxygens (including phenoxy) is 1. The summed E-state index contributed by atoms with van der Waals surface area (Å²) in [5.74, 6) is 0. The Morgan fingerprint density at radius 3 is 2.71 bits per heavy atom. The lowest BCUT2D eigenvalue weighted by Gasteiger charge is -1.88. The van der Waals surface area contributed by atoms with Crippen molar-refractivity contribution in [2.75, 3.05) is 13.7 Å². The van der Waals surface area contributed by atoms with Gasteiger partial charge in [-0.3, -0.25) is 4.79 Å². The normalized spacial score (nSPS) is 8.14. The Hall–Kier alpha value is -0.630. The van der Waals surface area contributed by atoms with Crippen molar-refractivity contribution in [1.82, 2.24) is 0 Å². The molecule has 0 spiro atoms. The average molecular weight is 99.1 g/mol. The van der Waals surface area contributed by atoms with Gasteiger partial charge in [0.15, 0.2) is 0 Å². The second-order valence-electron chi connectivity index (χ2n) is 1.14. The zero-order chi connectivity index (χ0) is 5.70. The van der Waals surface area contributed by atoms with Gasteiger partial charge in [-0.15, -0.1) is 0 Å². The first kappa shape index (κ1) is 6.37. The lowest BCUT2D eigenvalue weighted by atomic mass is 10.4. The minimum Gasteiger partial charge on any atom is -0.380 e. The van der Waals surface area contributed by atoms with E-state index >= 15 is 0 Å². The third-order valence-electron chi connectivity index (χ3n) is 0.463. The SMILES string of the molecule is C=C([C]=O)COC.